The van der Waals surface area contributed by atoms with Crippen LogP contribution in [0.15, 0.2) is 0 Å². The zero-order valence-corrected chi connectivity index (χ0v) is 18.2. The molecule has 0 unspecified atom stereocenters. The first kappa shape index (κ1) is 21.0. The van der Waals surface area contributed by atoms with Crippen LogP contribution in [0.1, 0.15) is 38.5 Å². The second-order valence-corrected chi connectivity index (χ2v) is 10.1. The summed E-state index contributed by atoms with van der Waals surface area (Å²) in [4.78, 5) is 19.1. The van der Waals surface area contributed by atoms with Crippen LogP contribution in [-0.4, -0.2) is 78.4 Å². The molecule has 4 aliphatic carbocycles. The predicted molar refractivity (Wildman–Crippen MR) is 110 cm³/mol. The molecule has 1 aromatic heterocycles. The van der Waals surface area contributed by atoms with E-state index in [4.69, 9.17) is 4.74 Å². The summed E-state index contributed by atoms with van der Waals surface area (Å²) in [6.45, 7) is 1.99. The van der Waals surface area contributed by atoms with E-state index < -0.39 is 12.8 Å². The summed E-state index contributed by atoms with van der Waals surface area (Å²) in [6.07, 6.45) is 3.86. The average molecular weight is 441 g/mol. The van der Waals surface area contributed by atoms with Crippen LogP contribution in [0.3, 0.4) is 0 Å². The molecule has 0 spiro atoms. The van der Waals surface area contributed by atoms with Crippen molar-refractivity contribution in [1.82, 2.24) is 19.9 Å². The topological polar surface area (TPSA) is 57.6 Å². The lowest BCUT2D eigenvalue weighted by molar-refractivity contribution is -0.154. The van der Waals surface area contributed by atoms with Crippen LogP contribution in [0, 0.1) is 17.8 Å². The first-order valence-corrected chi connectivity index (χ1v) is 11.3. The molecule has 0 radical (unpaired) electrons. The molecule has 2 heterocycles. The fraction of sp³-hybridized carbons (Fsp3) is 0.857. The molecule has 1 aliphatic heterocycles. The lowest BCUT2D eigenvalue weighted by Crippen LogP contribution is -2.64. The Hall–Kier alpha value is -1.84. The molecule has 0 N–H and O–H groups in total. The number of anilines is 2. The molecule has 10 heteroatoms. The van der Waals surface area contributed by atoms with Crippen molar-refractivity contribution in [3.63, 3.8) is 0 Å². The third-order valence-electron chi connectivity index (χ3n) is 7.60. The van der Waals surface area contributed by atoms with Crippen molar-refractivity contribution in [2.24, 2.45) is 17.8 Å². The third kappa shape index (κ3) is 4.27. The lowest BCUT2D eigenvalue weighted by Gasteiger charge is -2.61. The maximum atomic E-state index is 12.6. The highest BCUT2D eigenvalue weighted by molar-refractivity contribution is 5.40. The first-order chi connectivity index (χ1) is 14.7. The van der Waals surface area contributed by atoms with Crippen molar-refractivity contribution < 1.29 is 17.9 Å². The van der Waals surface area contributed by atoms with Gasteiger partial charge in [0.15, 0.2) is 6.61 Å². The summed E-state index contributed by atoms with van der Waals surface area (Å²) in [5, 5.41) is 0. The van der Waals surface area contributed by atoms with Gasteiger partial charge in [-0.15, -0.1) is 0 Å². The normalized spacial score (nSPS) is 33.1. The SMILES string of the molecule is CN(C)c1nc(OCC(F)(F)F)nc(N2CCN(C34CC5CC(CC(C5)C3)C4)CC2)n1. The standard InChI is InChI=1S/C21H31F3N6O/c1-28(2)17-25-18(27-19(26-17)31-13-21(22,23)24)29-3-5-30(6-4-29)20-10-14-7-15(11-20)9-16(8-14)12-20/h14-16H,3-13H2,1-2H3. The Bertz CT molecular complexity index is 774. The number of ether oxygens (including phenoxy) is 1. The van der Waals surface area contributed by atoms with E-state index in [2.05, 4.69) is 19.9 Å². The molecule has 1 saturated heterocycles. The largest absolute Gasteiger partial charge is 0.454 e. The Morgan fingerprint density at radius 3 is 2.03 bits per heavy atom. The molecule has 172 valence electrons. The van der Waals surface area contributed by atoms with E-state index in [0.29, 0.717) is 17.4 Å². The fourth-order valence-corrected chi connectivity index (χ4v) is 6.72. The van der Waals surface area contributed by atoms with Crippen molar-refractivity contribution in [2.45, 2.75) is 50.2 Å². The zero-order chi connectivity index (χ0) is 21.8. The fourth-order valence-electron chi connectivity index (χ4n) is 6.72. The van der Waals surface area contributed by atoms with E-state index >= 15 is 0 Å². The Morgan fingerprint density at radius 1 is 0.935 bits per heavy atom. The van der Waals surface area contributed by atoms with Gasteiger partial charge in [0, 0.05) is 45.8 Å². The van der Waals surface area contributed by atoms with Gasteiger partial charge < -0.3 is 14.5 Å². The van der Waals surface area contributed by atoms with Gasteiger partial charge in [0.25, 0.3) is 0 Å². The highest BCUT2D eigenvalue weighted by Gasteiger charge is 2.53. The van der Waals surface area contributed by atoms with E-state index in [1.54, 1.807) is 19.0 Å². The molecule has 1 aromatic rings. The molecule has 5 fully saturated rings. The van der Waals surface area contributed by atoms with Gasteiger partial charge in [-0.2, -0.15) is 28.1 Å². The Morgan fingerprint density at radius 2 is 1.52 bits per heavy atom. The third-order valence-corrected chi connectivity index (χ3v) is 7.60. The van der Waals surface area contributed by atoms with Gasteiger partial charge in [-0.05, 0) is 56.3 Å². The molecule has 0 amide bonds. The highest BCUT2D eigenvalue weighted by atomic mass is 19.4. The average Bonchev–Trinajstić information content (AvgIpc) is 2.71. The second-order valence-electron chi connectivity index (χ2n) is 10.1. The number of rotatable bonds is 5. The van der Waals surface area contributed by atoms with Crippen LogP contribution in [-0.2, 0) is 0 Å². The van der Waals surface area contributed by atoms with Crippen molar-refractivity contribution in [3.8, 4) is 6.01 Å². The summed E-state index contributed by atoms with van der Waals surface area (Å²) < 4.78 is 42.6. The molecule has 5 aliphatic rings. The van der Waals surface area contributed by atoms with Crippen molar-refractivity contribution >= 4 is 11.9 Å². The van der Waals surface area contributed by atoms with Crippen molar-refractivity contribution in [2.75, 3.05) is 56.7 Å². The molecule has 7 nitrogen and oxygen atoms in total. The number of nitrogens with zero attached hydrogens (tertiary/aromatic N) is 6. The van der Waals surface area contributed by atoms with Crippen LogP contribution < -0.4 is 14.5 Å². The number of halogens is 3. The van der Waals surface area contributed by atoms with Crippen LogP contribution in [0.25, 0.3) is 0 Å². The minimum Gasteiger partial charge on any atom is -0.454 e. The quantitative estimate of drug-likeness (QED) is 0.698. The van der Waals surface area contributed by atoms with E-state index in [0.717, 1.165) is 43.9 Å². The smallest absolute Gasteiger partial charge is 0.422 e. The Balaban J connectivity index is 1.28. The minimum absolute atomic E-state index is 0.283. The molecule has 6 rings (SSSR count). The number of piperazine rings is 1. The molecule has 4 bridgehead atoms. The van der Waals surface area contributed by atoms with Gasteiger partial charge in [-0.3, -0.25) is 4.90 Å². The minimum atomic E-state index is -4.44. The highest BCUT2D eigenvalue weighted by Crippen LogP contribution is 2.57. The van der Waals surface area contributed by atoms with E-state index in [1.807, 2.05) is 4.90 Å². The predicted octanol–water partition coefficient (Wildman–Crippen LogP) is 2.97. The molecular formula is C21H31F3N6O. The first-order valence-electron chi connectivity index (χ1n) is 11.3. The van der Waals surface area contributed by atoms with Gasteiger partial charge in [0.2, 0.25) is 11.9 Å². The van der Waals surface area contributed by atoms with Gasteiger partial charge >= 0.3 is 12.2 Å². The maximum Gasteiger partial charge on any atom is 0.422 e. The van der Waals surface area contributed by atoms with Gasteiger partial charge in [0.05, 0.1) is 0 Å². The van der Waals surface area contributed by atoms with Crippen LogP contribution in [0.5, 0.6) is 6.01 Å². The van der Waals surface area contributed by atoms with Crippen LogP contribution >= 0.6 is 0 Å². The summed E-state index contributed by atoms with van der Waals surface area (Å²) in [5.74, 6) is 3.41. The maximum absolute atomic E-state index is 12.6. The van der Waals surface area contributed by atoms with E-state index in [9.17, 15) is 13.2 Å². The summed E-state index contributed by atoms with van der Waals surface area (Å²) in [5.41, 5.74) is 0.371. The summed E-state index contributed by atoms with van der Waals surface area (Å²) >= 11 is 0. The van der Waals surface area contributed by atoms with Crippen LogP contribution in [0.4, 0.5) is 25.1 Å². The molecular weight excluding hydrogens is 409 g/mol. The monoisotopic (exact) mass is 440 g/mol. The van der Waals surface area contributed by atoms with Crippen molar-refractivity contribution in [1.29, 1.82) is 0 Å². The Kier molecular flexibility index (Phi) is 5.18. The Labute approximate surface area is 181 Å². The number of alkyl halides is 3. The van der Waals surface area contributed by atoms with Gasteiger partial charge in [0.1, 0.15) is 0 Å². The summed E-state index contributed by atoms with van der Waals surface area (Å²) in [7, 11) is 3.50. The van der Waals surface area contributed by atoms with Gasteiger partial charge in [-0.25, -0.2) is 0 Å². The molecule has 4 saturated carbocycles. The van der Waals surface area contributed by atoms with Crippen LogP contribution in [0.2, 0.25) is 0 Å². The van der Waals surface area contributed by atoms with E-state index in [1.165, 1.54) is 38.5 Å². The molecule has 0 aromatic carbocycles. The second kappa shape index (κ2) is 7.64. The zero-order valence-electron chi connectivity index (χ0n) is 18.2. The number of hydrogen-bond donors (Lipinski definition) is 0. The summed E-state index contributed by atoms with van der Waals surface area (Å²) in [6, 6.07) is -0.283. The lowest BCUT2D eigenvalue weighted by atomic mass is 9.52. The molecule has 0 atom stereocenters. The molecule has 31 heavy (non-hydrogen) atoms. The van der Waals surface area contributed by atoms with E-state index in [-0.39, 0.29) is 6.01 Å². The van der Waals surface area contributed by atoms with Crippen molar-refractivity contribution in [3.05, 3.63) is 0 Å². The number of hydrogen-bond acceptors (Lipinski definition) is 7. The number of aromatic nitrogens is 3. The van der Waals surface area contributed by atoms with Gasteiger partial charge in [-0.1, -0.05) is 0 Å².